The van der Waals surface area contributed by atoms with Gasteiger partial charge < -0.3 is 10.1 Å². The molecule has 0 saturated carbocycles. The summed E-state index contributed by atoms with van der Waals surface area (Å²) in [6.07, 6.45) is 1.63. The summed E-state index contributed by atoms with van der Waals surface area (Å²) >= 11 is 3.38. The number of amides is 1. The van der Waals surface area contributed by atoms with Crippen molar-refractivity contribution < 1.29 is 18.3 Å². The van der Waals surface area contributed by atoms with E-state index in [1.165, 1.54) is 36.4 Å². The lowest BCUT2D eigenvalue weighted by atomic mass is 10.0. The number of rotatable bonds is 6. The summed E-state index contributed by atoms with van der Waals surface area (Å²) in [6.45, 7) is -0.238. The Morgan fingerprint density at radius 2 is 1.83 bits per heavy atom. The second-order valence-corrected chi connectivity index (χ2v) is 7.07. The molecule has 1 amide bonds. The fourth-order valence-corrected chi connectivity index (χ4v) is 3.11. The van der Waals surface area contributed by atoms with E-state index in [1.54, 1.807) is 36.4 Å². The van der Waals surface area contributed by atoms with Crippen LogP contribution in [-0.2, 0) is 4.79 Å². The molecule has 0 aliphatic carbocycles. The van der Waals surface area contributed by atoms with Crippen molar-refractivity contribution in [3.8, 4) is 11.8 Å². The summed E-state index contributed by atoms with van der Waals surface area (Å²) in [6, 6.07) is 18.4. The van der Waals surface area contributed by atoms with Gasteiger partial charge in [0.1, 0.15) is 17.4 Å². The van der Waals surface area contributed by atoms with Gasteiger partial charge in [0, 0.05) is 5.69 Å². The summed E-state index contributed by atoms with van der Waals surface area (Å²) in [5.74, 6) is -0.766. The monoisotopic (exact) mass is 468 g/mol. The third-order valence-corrected chi connectivity index (χ3v) is 4.63. The second kappa shape index (κ2) is 9.81. The molecule has 4 nitrogen and oxygen atoms in total. The van der Waals surface area contributed by atoms with Crippen LogP contribution in [0.15, 0.2) is 71.2 Å². The molecule has 1 N–H and O–H groups in total. The highest BCUT2D eigenvalue weighted by Crippen LogP contribution is 2.28. The summed E-state index contributed by atoms with van der Waals surface area (Å²) < 4.78 is 32.4. The van der Waals surface area contributed by atoms with E-state index in [4.69, 9.17) is 4.74 Å². The predicted molar refractivity (Wildman–Crippen MR) is 115 cm³/mol. The maximum atomic E-state index is 13.4. The van der Waals surface area contributed by atoms with Crippen LogP contribution in [0.4, 0.5) is 14.5 Å². The number of halogens is 3. The first-order valence-electron chi connectivity index (χ1n) is 8.80. The van der Waals surface area contributed by atoms with Crippen LogP contribution < -0.4 is 10.1 Å². The zero-order valence-corrected chi connectivity index (χ0v) is 17.1. The molecule has 3 rings (SSSR count). The molecule has 30 heavy (non-hydrogen) atoms. The van der Waals surface area contributed by atoms with Crippen molar-refractivity contribution in [1.82, 2.24) is 0 Å². The van der Waals surface area contributed by atoms with Gasteiger partial charge in [-0.2, -0.15) is 5.26 Å². The lowest BCUT2D eigenvalue weighted by Crippen LogP contribution is -2.20. The first-order valence-corrected chi connectivity index (χ1v) is 9.59. The van der Waals surface area contributed by atoms with Gasteiger partial charge in [-0.25, -0.2) is 8.78 Å². The number of nitrogens with zero attached hydrogens (tertiary/aromatic N) is 1. The lowest BCUT2D eigenvalue weighted by molar-refractivity contribution is -0.118. The number of nitrogens with one attached hydrogen (secondary N) is 1. The number of benzene rings is 3. The zero-order chi connectivity index (χ0) is 21.5. The number of carbonyl (C=O) groups excluding carboxylic acids is 1. The van der Waals surface area contributed by atoms with Crippen molar-refractivity contribution in [2.45, 2.75) is 0 Å². The lowest BCUT2D eigenvalue weighted by Gasteiger charge is -2.10. The molecular weight excluding hydrogens is 454 g/mol. The third-order valence-electron chi connectivity index (χ3n) is 4.01. The second-order valence-electron chi connectivity index (χ2n) is 6.21. The first kappa shape index (κ1) is 21.2. The predicted octanol–water partition coefficient (Wildman–Crippen LogP) is 5.81. The molecule has 0 saturated heterocycles. The minimum absolute atomic E-state index is 0.238. The molecule has 0 aromatic heterocycles. The average Bonchev–Trinajstić information content (AvgIpc) is 2.73. The number of allylic oxidation sites excluding steroid dienone is 1. The van der Waals surface area contributed by atoms with E-state index < -0.39 is 11.7 Å². The van der Waals surface area contributed by atoms with Crippen molar-refractivity contribution in [3.63, 3.8) is 0 Å². The SMILES string of the molecule is N#C/C(=C/c1ccc(OCC(=O)Nc2ccc(F)cc2)c(Br)c1)c1cccc(F)c1. The molecule has 0 radical (unpaired) electrons. The number of anilines is 1. The van der Waals surface area contributed by atoms with Crippen molar-refractivity contribution in [2.75, 3.05) is 11.9 Å². The molecule has 3 aromatic rings. The fourth-order valence-electron chi connectivity index (χ4n) is 2.60. The molecular formula is C23H15BrF2N2O2. The average molecular weight is 469 g/mol. The van der Waals surface area contributed by atoms with E-state index in [0.29, 0.717) is 32.6 Å². The third kappa shape index (κ3) is 5.75. The van der Waals surface area contributed by atoms with Gasteiger partial charge in [0.2, 0.25) is 0 Å². The van der Waals surface area contributed by atoms with Gasteiger partial charge >= 0.3 is 0 Å². The Hall–Kier alpha value is -3.50. The van der Waals surface area contributed by atoms with E-state index in [9.17, 15) is 18.8 Å². The van der Waals surface area contributed by atoms with Gasteiger partial charge in [-0.3, -0.25) is 4.79 Å². The molecule has 3 aromatic carbocycles. The maximum Gasteiger partial charge on any atom is 0.262 e. The van der Waals surface area contributed by atoms with Crippen molar-refractivity contribution in [1.29, 1.82) is 5.26 Å². The smallest absolute Gasteiger partial charge is 0.262 e. The van der Waals surface area contributed by atoms with E-state index in [1.807, 2.05) is 0 Å². The molecule has 150 valence electrons. The van der Waals surface area contributed by atoms with Crippen LogP contribution in [0.3, 0.4) is 0 Å². The van der Waals surface area contributed by atoms with Crippen LogP contribution >= 0.6 is 15.9 Å². The van der Waals surface area contributed by atoms with Gasteiger partial charge in [-0.1, -0.05) is 18.2 Å². The Morgan fingerprint density at radius 3 is 2.50 bits per heavy atom. The van der Waals surface area contributed by atoms with Crippen molar-refractivity contribution in [2.24, 2.45) is 0 Å². The normalized spacial score (nSPS) is 10.9. The van der Waals surface area contributed by atoms with Crippen LogP contribution in [0.2, 0.25) is 0 Å². The molecule has 0 spiro atoms. The molecule has 0 unspecified atom stereocenters. The van der Waals surface area contributed by atoms with E-state index in [-0.39, 0.29) is 12.4 Å². The Labute approximate surface area is 180 Å². The highest BCUT2D eigenvalue weighted by atomic mass is 79.9. The quantitative estimate of drug-likeness (QED) is 0.366. The Bertz CT molecular complexity index is 1140. The van der Waals surface area contributed by atoms with Gasteiger partial charge in [0.15, 0.2) is 6.61 Å². The van der Waals surface area contributed by atoms with Gasteiger partial charge in [-0.05, 0) is 81.7 Å². The van der Waals surface area contributed by atoms with Crippen molar-refractivity contribution >= 4 is 39.2 Å². The minimum Gasteiger partial charge on any atom is -0.483 e. The molecule has 7 heteroatoms. The summed E-state index contributed by atoms with van der Waals surface area (Å²) in [5, 5.41) is 12.0. The first-order chi connectivity index (χ1) is 14.4. The largest absolute Gasteiger partial charge is 0.483 e. The number of ether oxygens (including phenoxy) is 1. The Morgan fingerprint density at radius 1 is 1.07 bits per heavy atom. The summed E-state index contributed by atoms with van der Waals surface area (Å²) in [5.41, 5.74) is 1.96. The van der Waals surface area contributed by atoms with Crippen LogP contribution in [0.5, 0.6) is 5.75 Å². The number of hydrogen-bond donors (Lipinski definition) is 1. The molecule has 0 bridgehead atoms. The number of carbonyl (C=O) groups is 1. The molecule has 0 fully saturated rings. The van der Waals surface area contributed by atoms with E-state index >= 15 is 0 Å². The topological polar surface area (TPSA) is 62.1 Å². The highest BCUT2D eigenvalue weighted by Gasteiger charge is 2.08. The zero-order valence-electron chi connectivity index (χ0n) is 15.5. The Kier molecular flexibility index (Phi) is 6.94. The van der Waals surface area contributed by atoms with E-state index in [0.717, 1.165) is 0 Å². The number of hydrogen-bond acceptors (Lipinski definition) is 3. The fraction of sp³-hybridized carbons (Fsp3) is 0.0435. The summed E-state index contributed by atoms with van der Waals surface area (Å²) in [4.78, 5) is 12.0. The molecule has 0 aliphatic heterocycles. The Balaban J connectivity index is 1.66. The van der Waals surface area contributed by atoms with Crippen molar-refractivity contribution in [3.05, 3.63) is 94.0 Å². The molecule has 0 heterocycles. The van der Waals surface area contributed by atoms with Gasteiger partial charge in [0.05, 0.1) is 16.1 Å². The van der Waals surface area contributed by atoms with Crippen LogP contribution in [0.1, 0.15) is 11.1 Å². The molecule has 0 atom stereocenters. The minimum atomic E-state index is -0.419. The van der Waals surface area contributed by atoms with Crippen LogP contribution in [0.25, 0.3) is 11.6 Å². The summed E-state index contributed by atoms with van der Waals surface area (Å²) in [7, 11) is 0. The van der Waals surface area contributed by atoms with Gasteiger partial charge in [-0.15, -0.1) is 0 Å². The molecule has 0 aliphatic rings. The van der Waals surface area contributed by atoms with Crippen LogP contribution in [-0.4, -0.2) is 12.5 Å². The highest BCUT2D eigenvalue weighted by molar-refractivity contribution is 9.10. The standard InChI is InChI=1S/C23H15BrF2N2O2/c24-21-11-15(10-17(13-27)16-2-1-3-19(26)12-16)4-9-22(21)30-14-23(29)28-20-7-5-18(25)6-8-20/h1-12H,14H2,(H,28,29)/b17-10-. The maximum absolute atomic E-state index is 13.4. The van der Waals surface area contributed by atoms with Gasteiger partial charge in [0.25, 0.3) is 5.91 Å². The van der Waals surface area contributed by atoms with Crippen LogP contribution in [0, 0.1) is 23.0 Å². The van der Waals surface area contributed by atoms with E-state index in [2.05, 4.69) is 27.3 Å². The number of nitriles is 1.